The lowest BCUT2D eigenvalue weighted by Crippen LogP contribution is -2.30. The zero-order chi connectivity index (χ0) is 16.1. The van der Waals surface area contributed by atoms with Crippen LogP contribution in [0.2, 0.25) is 0 Å². The van der Waals surface area contributed by atoms with E-state index in [1.54, 1.807) is 7.11 Å². The van der Waals surface area contributed by atoms with Gasteiger partial charge in [-0.3, -0.25) is 0 Å². The van der Waals surface area contributed by atoms with Crippen LogP contribution in [0.15, 0.2) is 24.7 Å². The minimum atomic E-state index is 0.466. The van der Waals surface area contributed by atoms with Gasteiger partial charge in [0.05, 0.1) is 12.2 Å². The quantitative estimate of drug-likeness (QED) is 0.750. The van der Waals surface area contributed by atoms with E-state index in [9.17, 15) is 0 Å². The van der Waals surface area contributed by atoms with Gasteiger partial charge in [-0.15, -0.1) is 0 Å². The van der Waals surface area contributed by atoms with Crippen molar-refractivity contribution in [3.05, 3.63) is 35.9 Å². The Morgan fingerprint density at radius 3 is 2.74 bits per heavy atom. The fourth-order valence-corrected chi connectivity index (χ4v) is 2.85. The first-order chi connectivity index (χ1) is 11.3. The maximum absolute atomic E-state index is 5.21. The third-order valence-electron chi connectivity index (χ3n) is 4.49. The first-order valence-electron chi connectivity index (χ1n) is 8.29. The summed E-state index contributed by atoms with van der Waals surface area (Å²) < 4.78 is 7.08. The predicted molar refractivity (Wildman–Crippen MR) is 89.0 cm³/mol. The van der Waals surface area contributed by atoms with Crippen molar-refractivity contribution in [3.8, 4) is 0 Å². The van der Waals surface area contributed by atoms with Gasteiger partial charge in [-0.25, -0.2) is 14.6 Å². The third-order valence-corrected chi connectivity index (χ3v) is 4.49. The van der Waals surface area contributed by atoms with Crippen LogP contribution in [0.25, 0.3) is 0 Å². The lowest BCUT2D eigenvalue weighted by atomic mass is 9.83. The summed E-state index contributed by atoms with van der Waals surface area (Å²) in [6.45, 7) is 4.20. The Morgan fingerprint density at radius 2 is 2.09 bits per heavy atom. The Bertz CT molecular complexity index is 606. The number of anilines is 1. The van der Waals surface area contributed by atoms with Crippen molar-refractivity contribution in [3.63, 3.8) is 0 Å². The molecule has 0 radical (unpaired) electrons. The molecule has 124 valence electrons. The van der Waals surface area contributed by atoms with E-state index in [0.29, 0.717) is 6.73 Å². The molecule has 2 aromatic heterocycles. The summed E-state index contributed by atoms with van der Waals surface area (Å²) in [6.07, 6.45) is 10.9. The molecule has 6 nitrogen and oxygen atoms in total. The number of rotatable bonds is 8. The summed E-state index contributed by atoms with van der Waals surface area (Å²) in [5, 5.41) is 4.31. The number of nitrogens with zero attached hydrogens (tertiary/aromatic N) is 5. The van der Waals surface area contributed by atoms with Gasteiger partial charge in [0.25, 0.3) is 0 Å². The van der Waals surface area contributed by atoms with Crippen LogP contribution in [0.5, 0.6) is 0 Å². The predicted octanol–water partition coefficient (Wildman–Crippen LogP) is 2.78. The average Bonchev–Trinajstić information content (AvgIpc) is 2.93. The Balaban J connectivity index is 1.73. The Kier molecular flexibility index (Phi) is 5.23. The number of hydrogen-bond donors (Lipinski definition) is 0. The van der Waals surface area contributed by atoms with Gasteiger partial charge >= 0.3 is 0 Å². The molecule has 0 atom stereocenters. The molecule has 0 bridgehead atoms. The van der Waals surface area contributed by atoms with Gasteiger partial charge in [-0.2, -0.15) is 5.10 Å². The third kappa shape index (κ3) is 4.07. The maximum Gasteiger partial charge on any atom is 0.225 e. The molecule has 0 saturated heterocycles. The molecule has 2 aromatic rings. The van der Waals surface area contributed by atoms with E-state index in [1.165, 1.54) is 25.7 Å². The minimum absolute atomic E-state index is 0.466. The number of methoxy groups -OCH3 is 1. The largest absolute Gasteiger partial charge is 0.362 e. The highest BCUT2D eigenvalue weighted by Crippen LogP contribution is 2.30. The molecule has 3 rings (SSSR count). The van der Waals surface area contributed by atoms with Gasteiger partial charge in [0.15, 0.2) is 0 Å². The molecule has 1 aliphatic carbocycles. The molecule has 0 N–H and O–H groups in total. The molecule has 1 aliphatic rings. The van der Waals surface area contributed by atoms with Crippen LogP contribution in [0.1, 0.15) is 36.9 Å². The van der Waals surface area contributed by atoms with Crippen molar-refractivity contribution in [2.24, 2.45) is 5.92 Å². The molecule has 1 fully saturated rings. The lowest BCUT2D eigenvalue weighted by Gasteiger charge is -2.29. The van der Waals surface area contributed by atoms with Gasteiger partial charge < -0.3 is 9.64 Å². The number of ether oxygens (including phenoxy) is 1. The second kappa shape index (κ2) is 7.55. The summed E-state index contributed by atoms with van der Waals surface area (Å²) in [5.41, 5.74) is 2.20. The van der Waals surface area contributed by atoms with E-state index in [1.807, 2.05) is 36.3 Å². The van der Waals surface area contributed by atoms with Crippen LogP contribution in [0, 0.1) is 12.8 Å². The minimum Gasteiger partial charge on any atom is -0.362 e. The van der Waals surface area contributed by atoms with Crippen LogP contribution >= 0.6 is 0 Å². The molecule has 1 saturated carbocycles. The molecule has 0 amide bonds. The van der Waals surface area contributed by atoms with Crippen molar-refractivity contribution >= 4 is 5.95 Å². The lowest BCUT2D eigenvalue weighted by molar-refractivity contribution is 0.118. The SMILES string of the molecule is COCn1nccc1CN(CCC1CCC1)c1ncc(C)cn1. The van der Waals surface area contributed by atoms with E-state index in [2.05, 4.69) is 20.0 Å². The summed E-state index contributed by atoms with van der Waals surface area (Å²) in [5.74, 6) is 1.66. The van der Waals surface area contributed by atoms with Crippen molar-refractivity contribution in [2.75, 3.05) is 18.6 Å². The van der Waals surface area contributed by atoms with Crippen LogP contribution in [-0.4, -0.2) is 33.4 Å². The summed E-state index contributed by atoms with van der Waals surface area (Å²) in [6, 6.07) is 2.03. The monoisotopic (exact) mass is 315 g/mol. The first-order valence-corrected chi connectivity index (χ1v) is 8.29. The van der Waals surface area contributed by atoms with Crippen LogP contribution in [-0.2, 0) is 18.0 Å². The Hall–Kier alpha value is -1.95. The van der Waals surface area contributed by atoms with E-state index >= 15 is 0 Å². The van der Waals surface area contributed by atoms with E-state index in [0.717, 1.165) is 36.2 Å². The summed E-state index contributed by atoms with van der Waals surface area (Å²) >= 11 is 0. The molecule has 0 spiro atoms. The first kappa shape index (κ1) is 15.9. The molecule has 2 heterocycles. The smallest absolute Gasteiger partial charge is 0.225 e. The van der Waals surface area contributed by atoms with Crippen molar-refractivity contribution in [1.29, 1.82) is 0 Å². The summed E-state index contributed by atoms with van der Waals surface area (Å²) in [7, 11) is 1.68. The average molecular weight is 315 g/mol. The van der Waals surface area contributed by atoms with Gasteiger partial charge in [-0.1, -0.05) is 19.3 Å². The highest BCUT2D eigenvalue weighted by atomic mass is 16.5. The van der Waals surface area contributed by atoms with Gasteiger partial charge in [0, 0.05) is 32.2 Å². The van der Waals surface area contributed by atoms with Crippen LogP contribution < -0.4 is 4.90 Å². The van der Waals surface area contributed by atoms with Crippen LogP contribution in [0.3, 0.4) is 0 Å². The normalized spacial score (nSPS) is 14.7. The molecule has 0 aliphatic heterocycles. The number of aryl methyl sites for hydroxylation is 1. The number of aromatic nitrogens is 4. The fourth-order valence-electron chi connectivity index (χ4n) is 2.85. The fraction of sp³-hybridized carbons (Fsp3) is 0.588. The van der Waals surface area contributed by atoms with Gasteiger partial charge in [-0.05, 0) is 30.9 Å². The molecular formula is C17H25N5O. The van der Waals surface area contributed by atoms with E-state index in [-0.39, 0.29) is 0 Å². The van der Waals surface area contributed by atoms with Crippen molar-refractivity contribution in [1.82, 2.24) is 19.7 Å². The standard InChI is InChI=1S/C17H25N5O/c1-14-10-18-17(19-11-14)21(9-7-15-4-3-5-15)12-16-6-8-20-22(16)13-23-2/h6,8,10-11,15H,3-5,7,9,12-13H2,1-2H3. The second-order valence-electron chi connectivity index (χ2n) is 6.31. The van der Waals surface area contributed by atoms with Gasteiger partial charge in [0.2, 0.25) is 5.95 Å². The molecular weight excluding hydrogens is 290 g/mol. The van der Waals surface area contributed by atoms with Crippen LogP contribution in [0.4, 0.5) is 5.95 Å². The molecule has 0 unspecified atom stereocenters. The maximum atomic E-state index is 5.21. The van der Waals surface area contributed by atoms with Crippen molar-refractivity contribution in [2.45, 2.75) is 45.9 Å². The second-order valence-corrected chi connectivity index (χ2v) is 6.31. The van der Waals surface area contributed by atoms with Crippen molar-refractivity contribution < 1.29 is 4.74 Å². The Morgan fingerprint density at radius 1 is 1.30 bits per heavy atom. The molecule has 23 heavy (non-hydrogen) atoms. The number of hydrogen-bond acceptors (Lipinski definition) is 5. The molecule has 0 aromatic carbocycles. The Labute approximate surface area is 137 Å². The topological polar surface area (TPSA) is 56.1 Å². The van der Waals surface area contributed by atoms with E-state index in [4.69, 9.17) is 4.74 Å². The van der Waals surface area contributed by atoms with E-state index < -0.39 is 0 Å². The van der Waals surface area contributed by atoms with Gasteiger partial charge in [0.1, 0.15) is 6.73 Å². The summed E-state index contributed by atoms with van der Waals surface area (Å²) in [4.78, 5) is 11.3. The zero-order valence-electron chi connectivity index (χ0n) is 14.0. The molecule has 6 heteroatoms. The highest BCUT2D eigenvalue weighted by molar-refractivity contribution is 5.31. The zero-order valence-corrected chi connectivity index (χ0v) is 14.0. The highest BCUT2D eigenvalue weighted by Gasteiger charge is 2.20.